The van der Waals surface area contributed by atoms with Crippen molar-refractivity contribution >= 4 is 17.5 Å². The van der Waals surface area contributed by atoms with Crippen LogP contribution < -0.4 is 9.64 Å². The lowest BCUT2D eigenvalue weighted by molar-refractivity contribution is -0.131. The van der Waals surface area contributed by atoms with Gasteiger partial charge in [0, 0.05) is 38.8 Å². The summed E-state index contributed by atoms with van der Waals surface area (Å²) in [6, 6.07) is 5.65. The highest BCUT2D eigenvalue weighted by Gasteiger charge is 2.29. The average Bonchev–Trinajstić information content (AvgIpc) is 3.34. The van der Waals surface area contributed by atoms with Crippen molar-refractivity contribution in [2.24, 2.45) is 0 Å². The Morgan fingerprint density at radius 3 is 2.38 bits per heavy atom. The summed E-state index contributed by atoms with van der Waals surface area (Å²) in [4.78, 5) is 31.0. The summed E-state index contributed by atoms with van der Waals surface area (Å²) in [7, 11) is 2.00. The summed E-state index contributed by atoms with van der Waals surface area (Å²) in [6.07, 6.45) is 4.67. The van der Waals surface area contributed by atoms with Gasteiger partial charge < -0.3 is 19.4 Å². The molecule has 6 nitrogen and oxygen atoms in total. The van der Waals surface area contributed by atoms with Crippen LogP contribution in [0, 0.1) is 0 Å². The van der Waals surface area contributed by atoms with Gasteiger partial charge in [-0.2, -0.15) is 0 Å². The number of benzene rings is 1. The molecule has 3 aliphatic heterocycles. The van der Waals surface area contributed by atoms with E-state index in [0.717, 1.165) is 63.3 Å². The fourth-order valence-electron chi connectivity index (χ4n) is 4.17. The van der Waals surface area contributed by atoms with Gasteiger partial charge in [0.25, 0.3) is 5.91 Å². The number of rotatable bonds is 3. The minimum Gasteiger partial charge on any atom is -0.486 e. The molecule has 0 aliphatic carbocycles. The second-order valence-corrected chi connectivity index (χ2v) is 7.59. The molecule has 2 fully saturated rings. The van der Waals surface area contributed by atoms with Crippen LogP contribution in [0.3, 0.4) is 0 Å². The molecule has 2 saturated heterocycles. The molecule has 3 heterocycles. The van der Waals surface area contributed by atoms with Crippen LogP contribution in [0.25, 0.3) is 0 Å². The van der Waals surface area contributed by atoms with Crippen molar-refractivity contribution in [3.8, 4) is 5.75 Å². The molecule has 0 unspecified atom stereocenters. The van der Waals surface area contributed by atoms with Gasteiger partial charge in [0.1, 0.15) is 11.9 Å². The van der Waals surface area contributed by atoms with Gasteiger partial charge in [-0.05, 0) is 43.9 Å². The van der Waals surface area contributed by atoms with Gasteiger partial charge in [0.05, 0.1) is 18.7 Å². The molecule has 0 aromatic heterocycles. The standard InChI is InChI=1S/C20H27N3O3/c1-21-14-16(13-19(24)22-8-2-3-9-22)26-18-7-6-15(12-17(18)21)20(25)23-10-4-5-11-23/h6-7,12,16H,2-5,8-11,13-14H2,1H3/t16-/m0/s1. The Hall–Kier alpha value is -2.24. The summed E-state index contributed by atoms with van der Waals surface area (Å²) < 4.78 is 6.08. The van der Waals surface area contributed by atoms with Crippen molar-refractivity contribution in [1.29, 1.82) is 0 Å². The van der Waals surface area contributed by atoms with E-state index >= 15 is 0 Å². The number of carbonyl (C=O) groups is 2. The molecule has 0 radical (unpaired) electrons. The second-order valence-electron chi connectivity index (χ2n) is 7.59. The smallest absolute Gasteiger partial charge is 0.253 e. The average molecular weight is 357 g/mol. The molecule has 26 heavy (non-hydrogen) atoms. The Morgan fingerprint density at radius 2 is 1.69 bits per heavy atom. The number of hydrogen-bond acceptors (Lipinski definition) is 4. The minimum atomic E-state index is -0.138. The molecule has 0 bridgehead atoms. The summed E-state index contributed by atoms with van der Waals surface area (Å²) in [5.74, 6) is 1.05. The maximum atomic E-state index is 12.6. The number of nitrogens with zero attached hydrogens (tertiary/aromatic N) is 3. The van der Waals surface area contributed by atoms with Gasteiger partial charge in [-0.15, -0.1) is 0 Å². The molecule has 4 rings (SSSR count). The first-order chi connectivity index (χ1) is 12.6. The lowest BCUT2D eigenvalue weighted by atomic mass is 10.1. The van der Waals surface area contributed by atoms with E-state index in [4.69, 9.17) is 4.74 Å². The quantitative estimate of drug-likeness (QED) is 0.832. The topological polar surface area (TPSA) is 53.1 Å². The first-order valence-corrected chi connectivity index (χ1v) is 9.71. The van der Waals surface area contributed by atoms with E-state index in [1.54, 1.807) is 0 Å². The molecular formula is C20H27N3O3. The number of fused-ring (bicyclic) bond motifs is 1. The van der Waals surface area contributed by atoms with Crippen LogP contribution >= 0.6 is 0 Å². The number of anilines is 1. The van der Waals surface area contributed by atoms with Gasteiger partial charge in [0.2, 0.25) is 5.91 Å². The zero-order chi connectivity index (χ0) is 18.1. The number of likely N-dealkylation sites (N-methyl/N-ethyl adjacent to an activating group) is 1. The summed E-state index contributed by atoms with van der Waals surface area (Å²) >= 11 is 0. The molecule has 1 aromatic rings. The van der Waals surface area contributed by atoms with E-state index in [9.17, 15) is 9.59 Å². The van der Waals surface area contributed by atoms with Gasteiger partial charge >= 0.3 is 0 Å². The summed E-state index contributed by atoms with van der Waals surface area (Å²) in [5.41, 5.74) is 1.65. The van der Waals surface area contributed by atoms with Crippen molar-refractivity contribution in [2.75, 3.05) is 44.7 Å². The molecule has 1 atom stereocenters. The molecule has 0 spiro atoms. The van der Waals surface area contributed by atoms with Crippen LogP contribution in [-0.2, 0) is 4.79 Å². The summed E-state index contributed by atoms with van der Waals surface area (Å²) in [6.45, 7) is 4.11. The third kappa shape index (κ3) is 3.37. The highest BCUT2D eigenvalue weighted by molar-refractivity contribution is 5.96. The molecule has 1 aromatic carbocycles. The third-order valence-corrected chi connectivity index (χ3v) is 5.64. The fourth-order valence-corrected chi connectivity index (χ4v) is 4.17. The Labute approximate surface area is 154 Å². The number of hydrogen-bond donors (Lipinski definition) is 0. The fraction of sp³-hybridized carbons (Fsp3) is 0.600. The van der Waals surface area contributed by atoms with E-state index in [1.165, 1.54) is 0 Å². The van der Waals surface area contributed by atoms with Gasteiger partial charge in [-0.3, -0.25) is 9.59 Å². The van der Waals surface area contributed by atoms with Crippen molar-refractivity contribution in [3.63, 3.8) is 0 Å². The molecule has 2 amide bonds. The zero-order valence-corrected chi connectivity index (χ0v) is 15.4. The Morgan fingerprint density at radius 1 is 1.04 bits per heavy atom. The van der Waals surface area contributed by atoms with Gasteiger partial charge in [-0.25, -0.2) is 0 Å². The van der Waals surface area contributed by atoms with E-state index in [2.05, 4.69) is 4.90 Å². The third-order valence-electron chi connectivity index (χ3n) is 5.64. The maximum Gasteiger partial charge on any atom is 0.253 e. The lowest BCUT2D eigenvalue weighted by Crippen LogP contribution is -2.41. The van der Waals surface area contributed by atoms with Gasteiger partial charge in [-0.1, -0.05) is 0 Å². The monoisotopic (exact) mass is 357 g/mol. The number of likely N-dealkylation sites (tertiary alicyclic amines) is 2. The first kappa shape index (κ1) is 17.2. The maximum absolute atomic E-state index is 12.6. The van der Waals surface area contributed by atoms with Crippen LogP contribution in [0.4, 0.5) is 5.69 Å². The molecule has 6 heteroatoms. The van der Waals surface area contributed by atoms with Crippen molar-refractivity contribution in [3.05, 3.63) is 23.8 Å². The number of ether oxygens (including phenoxy) is 1. The molecule has 140 valence electrons. The normalized spacial score (nSPS) is 22.3. The number of amides is 2. The van der Waals surface area contributed by atoms with Crippen LogP contribution in [0.15, 0.2) is 18.2 Å². The largest absolute Gasteiger partial charge is 0.486 e. The van der Waals surface area contributed by atoms with Crippen LogP contribution in [0.2, 0.25) is 0 Å². The van der Waals surface area contributed by atoms with E-state index in [0.29, 0.717) is 18.5 Å². The Balaban J connectivity index is 1.45. The highest BCUT2D eigenvalue weighted by atomic mass is 16.5. The Bertz CT molecular complexity index is 694. The SMILES string of the molecule is CN1C[C@H](CC(=O)N2CCCC2)Oc2ccc(C(=O)N3CCCC3)cc21. The first-order valence-electron chi connectivity index (χ1n) is 9.71. The van der Waals surface area contributed by atoms with Gasteiger partial charge in [0.15, 0.2) is 0 Å². The predicted molar refractivity (Wildman–Crippen MR) is 99.7 cm³/mol. The van der Waals surface area contributed by atoms with Crippen LogP contribution in [-0.4, -0.2) is 67.5 Å². The van der Waals surface area contributed by atoms with E-state index < -0.39 is 0 Å². The molecule has 3 aliphatic rings. The Kier molecular flexibility index (Phi) is 4.74. The van der Waals surface area contributed by atoms with Crippen molar-refractivity contribution < 1.29 is 14.3 Å². The molecule has 0 saturated carbocycles. The second kappa shape index (κ2) is 7.17. The number of carbonyl (C=O) groups excluding carboxylic acids is 2. The van der Waals surface area contributed by atoms with E-state index in [1.807, 2.05) is 35.0 Å². The van der Waals surface area contributed by atoms with Crippen molar-refractivity contribution in [2.45, 2.75) is 38.2 Å². The van der Waals surface area contributed by atoms with E-state index in [-0.39, 0.29) is 17.9 Å². The zero-order valence-electron chi connectivity index (χ0n) is 15.4. The van der Waals surface area contributed by atoms with Crippen LogP contribution in [0.5, 0.6) is 5.75 Å². The van der Waals surface area contributed by atoms with Crippen LogP contribution in [0.1, 0.15) is 42.5 Å². The molecule has 0 N–H and O–H groups in total. The highest BCUT2D eigenvalue weighted by Crippen LogP contribution is 2.34. The summed E-state index contributed by atoms with van der Waals surface area (Å²) in [5, 5.41) is 0. The predicted octanol–water partition coefficient (Wildman–Crippen LogP) is 2.13. The minimum absolute atomic E-state index is 0.102. The van der Waals surface area contributed by atoms with Crippen molar-refractivity contribution in [1.82, 2.24) is 9.80 Å². The lowest BCUT2D eigenvalue weighted by Gasteiger charge is -2.34. The molecular weight excluding hydrogens is 330 g/mol.